The van der Waals surface area contributed by atoms with Gasteiger partial charge in [0.1, 0.15) is 10.7 Å². The molecule has 6 nitrogen and oxygen atoms in total. The van der Waals surface area contributed by atoms with Gasteiger partial charge in [0.25, 0.3) is 0 Å². The Balaban J connectivity index is 2.08. The predicted octanol–water partition coefficient (Wildman–Crippen LogP) is 2.01. The highest BCUT2D eigenvalue weighted by molar-refractivity contribution is 7.89. The summed E-state index contributed by atoms with van der Waals surface area (Å²) in [5.74, 6) is -1.15. The van der Waals surface area contributed by atoms with Gasteiger partial charge in [0.15, 0.2) is 0 Å². The minimum absolute atomic E-state index is 0.346. The van der Waals surface area contributed by atoms with E-state index in [1.165, 1.54) is 19.1 Å². The van der Waals surface area contributed by atoms with E-state index in [2.05, 4.69) is 10.0 Å². The Kier molecular flexibility index (Phi) is 6.63. The van der Waals surface area contributed by atoms with Crippen LogP contribution in [0.25, 0.3) is 0 Å². The number of nitrogens with one attached hydrogen (secondary N) is 2. The summed E-state index contributed by atoms with van der Waals surface area (Å²) in [7, 11) is -5.20. The highest BCUT2D eigenvalue weighted by Crippen LogP contribution is 2.15. The summed E-state index contributed by atoms with van der Waals surface area (Å²) in [6, 6.07) is 10.6. The molecule has 0 bridgehead atoms. The summed E-state index contributed by atoms with van der Waals surface area (Å²) in [6.45, 7) is 1.36. The van der Waals surface area contributed by atoms with Crippen LogP contribution in [0.5, 0.6) is 0 Å². The largest absolute Gasteiger partial charge is 0.325 e. The maximum atomic E-state index is 13.7. The van der Waals surface area contributed by atoms with Crippen LogP contribution in [0, 0.1) is 5.82 Å². The Morgan fingerprint density at radius 1 is 1.19 bits per heavy atom. The topological polar surface area (TPSA) is 92.3 Å². The Morgan fingerprint density at radius 2 is 1.88 bits per heavy atom. The van der Waals surface area contributed by atoms with Crippen molar-refractivity contribution in [1.82, 2.24) is 4.72 Å². The van der Waals surface area contributed by atoms with E-state index in [0.717, 1.165) is 17.7 Å². The van der Waals surface area contributed by atoms with Crippen molar-refractivity contribution in [1.29, 1.82) is 0 Å². The number of sulfonamides is 1. The summed E-state index contributed by atoms with van der Waals surface area (Å²) in [6.07, 6.45) is 1.57. The fourth-order valence-electron chi connectivity index (χ4n) is 2.24. The molecule has 2 rings (SSSR count). The molecule has 0 aromatic heterocycles. The molecule has 0 aliphatic carbocycles. The van der Waals surface area contributed by atoms with Gasteiger partial charge in [-0.1, -0.05) is 24.3 Å². The Labute approximate surface area is 154 Å². The van der Waals surface area contributed by atoms with Crippen molar-refractivity contribution in [2.24, 2.45) is 0 Å². The van der Waals surface area contributed by atoms with Crippen molar-refractivity contribution in [2.45, 2.75) is 23.6 Å². The fraction of sp³-hybridized carbons (Fsp3) is 0.235. The van der Waals surface area contributed by atoms with E-state index >= 15 is 0 Å². The summed E-state index contributed by atoms with van der Waals surface area (Å²) >= 11 is 0. The lowest BCUT2D eigenvalue weighted by atomic mass is 10.2. The maximum absolute atomic E-state index is 13.7. The van der Waals surface area contributed by atoms with Gasteiger partial charge in [0.2, 0.25) is 15.9 Å². The molecule has 0 spiro atoms. The normalized spacial score (nSPS) is 13.8. The van der Waals surface area contributed by atoms with Crippen molar-refractivity contribution in [3.63, 3.8) is 0 Å². The van der Waals surface area contributed by atoms with E-state index in [9.17, 15) is 21.8 Å². The second-order valence-corrected chi connectivity index (χ2v) is 8.80. The number of amides is 1. The molecular weight excluding hydrogens is 379 g/mol. The zero-order valence-electron chi connectivity index (χ0n) is 14.2. The monoisotopic (exact) mass is 398 g/mol. The number of anilines is 1. The van der Waals surface area contributed by atoms with Crippen molar-refractivity contribution in [3.05, 3.63) is 59.9 Å². The zero-order chi connectivity index (χ0) is 19.3. The summed E-state index contributed by atoms with van der Waals surface area (Å²) in [4.78, 5) is 11.7. The van der Waals surface area contributed by atoms with Crippen LogP contribution in [0.1, 0.15) is 12.5 Å². The summed E-state index contributed by atoms with van der Waals surface area (Å²) in [5.41, 5.74) is 1.23. The molecule has 2 N–H and O–H groups in total. The van der Waals surface area contributed by atoms with E-state index in [-0.39, 0.29) is 0 Å². The van der Waals surface area contributed by atoms with Crippen molar-refractivity contribution >= 4 is 32.4 Å². The molecular formula is C17H19FN2O4S2. The van der Waals surface area contributed by atoms with Gasteiger partial charge in [0.05, 0.1) is 6.04 Å². The van der Waals surface area contributed by atoms with Crippen molar-refractivity contribution in [2.75, 3.05) is 11.6 Å². The number of benzene rings is 2. The van der Waals surface area contributed by atoms with Crippen LogP contribution in [0.3, 0.4) is 0 Å². The number of carbonyl (C=O) groups is 1. The molecule has 140 valence electrons. The molecule has 0 heterocycles. The third kappa shape index (κ3) is 5.45. The molecule has 26 heavy (non-hydrogen) atoms. The molecule has 0 saturated carbocycles. The van der Waals surface area contributed by atoms with E-state index in [1.54, 1.807) is 30.5 Å². The third-order valence-electron chi connectivity index (χ3n) is 3.42. The van der Waals surface area contributed by atoms with E-state index in [0.29, 0.717) is 11.4 Å². The standard InChI is InChI=1S/C17H19FN2O4S2/c1-12(20-26(23,24)16-9-4-3-8-15(16)18)17(21)19-14-7-5-6-13(10-14)11-25(2)22/h3-10,12,20H,11H2,1-2H3,(H,19,21)/t12-,25?/m0/s1. The second kappa shape index (κ2) is 8.52. The minimum Gasteiger partial charge on any atom is -0.325 e. The molecule has 1 unspecified atom stereocenters. The first-order chi connectivity index (χ1) is 12.2. The highest BCUT2D eigenvalue weighted by Gasteiger charge is 2.24. The van der Waals surface area contributed by atoms with Crippen molar-refractivity contribution in [3.8, 4) is 0 Å². The third-order valence-corrected chi connectivity index (χ3v) is 5.73. The lowest BCUT2D eigenvalue weighted by molar-refractivity contribution is -0.117. The van der Waals surface area contributed by atoms with Gasteiger partial charge in [-0.2, -0.15) is 4.72 Å². The number of rotatable bonds is 7. The number of hydrogen-bond donors (Lipinski definition) is 2. The van der Waals surface area contributed by atoms with Gasteiger partial charge in [-0.05, 0) is 36.8 Å². The van der Waals surface area contributed by atoms with Gasteiger partial charge in [-0.3, -0.25) is 9.00 Å². The molecule has 2 aromatic carbocycles. The SMILES string of the molecule is C[C@H](NS(=O)(=O)c1ccccc1F)C(=O)Nc1cccc(CS(C)=O)c1. The van der Waals surface area contributed by atoms with Crippen LogP contribution < -0.4 is 10.0 Å². The molecule has 9 heteroatoms. The molecule has 0 aliphatic rings. The number of carbonyl (C=O) groups excluding carboxylic acids is 1. The second-order valence-electron chi connectivity index (χ2n) is 5.68. The molecule has 0 aliphatic heterocycles. The molecule has 2 aromatic rings. The maximum Gasteiger partial charge on any atom is 0.244 e. The first kappa shape index (κ1) is 20.2. The van der Waals surface area contributed by atoms with Gasteiger partial charge >= 0.3 is 0 Å². The van der Waals surface area contributed by atoms with Crippen LogP contribution in [-0.4, -0.2) is 30.8 Å². The summed E-state index contributed by atoms with van der Waals surface area (Å²) < 4.78 is 51.6. The van der Waals surface area contributed by atoms with Crippen molar-refractivity contribution < 1.29 is 21.8 Å². The van der Waals surface area contributed by atoms with E-state index in [4.69, 9.17) is 0 Å². The van der Waals surface area contributed by atoms with Crippen LogP contribution in [0.15, 0.2) is 53.4 Å². The predicted molar refractivity (Wildman–Crippen MR) is 99.0 cm³/mol. The number of hydrogen-bond acceptors (Lipinski definition) is 4. The lowest BCUT2D eigenvalue weighted by Gasteiger charge is -2.15. The van der Waals surface area contributed by atoms with Gasteiger partial charge in [-0.25, -0.2) is 12.8 Å². The Hall–Kier alpha value is -2.10. The van der Waals surface area contributed by atoms with Crippen LogP contribution >= 0.6 is 0 Å². The average Bonchev–Trinajstić information content (AvgIpc) is 2.54. The van der Waals surface area contributed by atoms with E-state index in [1.807, 2.05) is 0 Å². The summed E-state index contributed by atoms with van der Waals surface area (Å²) in [5, 5.41) is 2.59. The van der Waals surface area contributed by atoms with E-state index < -0.39 is 43.5 Å². The Morgan fingerprint density at radius 3 is 2.54 bits per heavy atom. The molecule has 0 saturated heterocycles. The number of halogens is 1. The Bertz CT molecular complexity index is 932. The molecule has 0 fully saturated rings. The van der Waals surface area contributed by atoms with Crippen LogP contribution in [0.2, 0.25) is 0 Å². The molecule has 1 amide bonds. The quantitative estimate of drug-likeness (QED) is 0.746. The first-order valence-corrected chi connectivity index (χ1v) is 10.9. The van der Waals surface area contributed by atoms with Gasteiger partial charge < -0.3 is 5.32 Å². The smallest absolute Gasteiger partial charge is 0.244 e. The van der Waals surface area contributed by atoms with Crippen LogP contribution in [-0.2, 0) is 31.4 Å². The molecule has 2 atom stereocenters. The first-order valence-electron chi connectivity index (χ1n) is 7.66. The van der Waals surface area contributed by atoms with Gasteiger partial charge in [0, 0.05) is 28.5 Å². The average molecular weight is 398 g/mol. The minimum atomic E-state index is -4.18. The fourth-order valence-corrected chi connectivity index (χ4v) is 4.17. The zero-order valence-corrected chi connectivity index (χ0v) is 15.9. The van der Waals surface area contributed by atoms with Gasteiger partial charge in [-0.15, -0.1) is 0 Å². The molecule has 0 radical (unpaired) electrons. The highest BCUT2D eigenvalue weighted by atomic mass is 32.2. The van der Waals surface area contributed by atoms with Crippen LogP contribution in [0.4, 0.5) is 10.1 Å². The lowest BCUT2D eigenvalue weighted by Crippen LogP contribution is -2.41.